The smallest absolute Gasteiger partial charge is 0.229 e. The highest BCUT2D eigenvalue weighted by molar-refractivity contribution is 7.92. The SMILES string of the molecule is Cc1cc(NC(=O)CCNC2CC2)ccc1NS(C)(=O)=O. The van der Waals surface area contributed by atoms with Crippen molar-refractivity contribution in [2.24, 2.45) is 0 Å². The van der Waals surface area contributed by atoms with Gasteiger partial charge in [-0.15, -0.1) is 0 Å². The maximum Gasteiger partial charge on any atom is 0.229 e. The van der Waals surface area contributed by atoms with Crippen LogP contribution in [0.4, 0.5) is 11.4 Å². The summed E-state index contributed by atoms with van der Waals surface area (Å²) < 4.78 is 24.8. The first-order chi connectivity index (χ1) is 9.83. The van der Waals surface area contributed by atoms with Crippen molar-refractivity contribution in [1.82, 2.24) is 5.32 Å². The number of sulfonamides is 1. The molecule has 3 N–H and O–H groups in total. The summed E-state index contributed by atoms with van der Waals surface area (Å²) in [5.74, 6) is -0.0497. The third kappa shape index (κ3) is 5.73. The monoisotopic (exact) mass is 311 g/mol. The molecule has 0 atom stereocenters. The standard InChI is InChI=1S/C14H21N3O3S/c1-10-9-12(5-6-13(10)17-21(2,19)20)16-14(18)7-8-15-11-3-4-11/h5-6,9,11,15,17H,3-4,7-8H2,1-2H3,(H,16,18). The molecule has 0 radical (unpaired) electrons. The van der Waals surface area contributed by atoms with Crippen LogP contribution in [0.3, 0.4) is 0 Å². The van der Waals surface area contributed by atoms with Crippen LogP contribution in [0.1, 0.15) is 24.8 Å². The van der Waals surface area contributed by atoms with Gasteiger partial charge in [-0.25, -0.2) is 8.42 Å². The second-order valence-electron chi connectivity index (χ2n) is 5.43. The summed E-state index contributed by atoms with van der Waals surface area (Å²) in [4.78, 5) is 11.8. The van der Waals surface area contributed by atoms with Gasteiger partial charge in [-0.1, -0.05) is 0 Å². The van der Waals surface area contributed by atoms with Crippen molar-refractivity contribution in [1.29, 1.82) is 0 Å². The first kappa shape index (κ1) is 15.8. The Morgan fingerprint density at radius 1 is 1.33 bits per heavy atom. The summed E-state index contributed by atoms with van der Waals surface area (Å²) in [5, 5.41) is 6.09. The summed E-state index contributed by atoms with van der Waals surface area (Å²) in [6.45, 7) is 2.47. The van der Waals surface area contributed by atoms with Gasteiger partial charge in [0.25, 0.3) is 0 Å². The zero-order valence-corrected chi connectivity index (χ0v) is 13.1. The molecule has 0 heterocycles. The van der Waals surface area contributed by atoms with Crippen molar-refractivity contribution in [2.45, 2.75) is 32.2 Å². The quantitative estimate of drug-likeness (QED) is 0.711. The zero-order valence-electron chi connectivity index (χ0n) is 12.3. The van der Waals surface area contributed by atoms with Gasteiger partial charge in [-0.2, -0.15) is 0 Å². The molecule has 21 heavy (non-hydrogen) atoms. The first-order valence-electron chi connectivity index (χ1n) is 6.95. The normalized spacial score (nSPS) is 14.8. The van der Waals surface area contributed by atoms with Gasteiger partial charge in [-0.05, 0) is 43.5 Å². The van der Waals surface area contributed by atoms with Gasteiger partial charge in [0.05, 0.1) is 11.9 Å². The molecular weight excluding hydrogens is 290 g/mol. The fraction of sp³-hybridized carbons (Fsp3) is 0.500. The van der Waals surface area contributed by atoms with Crippen LogP contribution < -0.4 is 15.4 Å². The van der Waals surface area contributed by atoms with Crippen molar-refractivity contribution in [3.63, 3.8) is 0 Å². The molecule has 7 heteroatoms. The van der Waals surface area contributed by atoms with Gasteiger partial charge in [0, 0.05) is 24.7 Å². The zero-order chi connectivity index (χ0) is 15.5. The third-order valence-electron chi connectivity index (χ3n) is 3.17. The Morgan fingerprint density at radius 3 is 2.62 bits per heavy atom. The molecule has 0 aliphatic heterocycles. The van der Waals surface area contributed by atoms with Gasteiger partial charge in [0.2, 0.25) is 15.9 Å². The van der Waals surface area contributed by atoms with E-state index in [9.17, 15) is 13.2 Å². The van der Waals surface area contributed by atoms with E-state index in [1.807, 2.05) is 0 Å². The molecule has 6 nitrogen and oxygen atoms in total. The van der Waals surface area contributed by atoms with E-state index in [0.717, 1.165) is 11.8 Å². The molecule has 2 rings (SSSR count). The number of aryl methyl sites for hydroxylation is 1. The van der Waals surface area contributed by atoms with Crippen LogP contribution >= 0.6 is 0 Å². The van der Waals surface area contributed by atoms with Crippen molar-refractivity contribution >= 4 is 27.3 Å². The Balaban J connectivity index is 1.88. The van der Waals surface area contributed by atoms with E-state index in [2.05, 4.69) is 15.4 Å². The van der Waals surface area contributed by atoms with Crippen LogP contribution in [0.25, 0.3) is 0 Å². The van der Waals surface area contributed by atoms with E-state index in [4.69, 9.17) is 0 Å². The number of carbonyl (C=O) groups excluding carboxylic acids is 1. The molecule has 1 aromatic carbocycles. The number of hydrogen-bond acceptors (Lipinski definition) is 4. The van der Waals surface area contributed by atoms with Crippen LogP contribution in [0.15, 0.2) is 18.2 Å². The number of nitrogens with one attached hydrogen (secondary N) is 3. The minimum absolute atomic E-state index is 0.0497. The molecule has 0 aromatic heterocycles. The molecule has 1 amide bonds. The lowest BCUT2D eigenvalue weighted by molar-refractivity contribution is -0.116. The first-order valence-corrected chi connectivity index (χ1v) is 8.84. The maximum atomic E-state index is 11.8. The molecule has 116 valence electrons. The number of carbonyl (C=O) groups is 1. The average molecular weight is 311 g/mol. The second kappa shape index (κ2) is 6.44. The fourth-order valence-electron chi connectivity index (χ4n) is 1.96. The molecule has 1 fully saturated rings. The van der Waals surface area contributed by atoms with Crippen molar-refractivity contribution in [3.8, 4) is 0 Å². The molecule has 1 aliphatic rings. The van der Waals surface area contributed by atoms with Gasteiger partial charge in [0.15, 0.2) is 0 Å². The average Bonchev–Trinajstić information content (AvgIpc) is 3.15. The number of rotatable bonds is 7. The van der Waals surface area contributed by atoms with Crippen LogP contribution in [0.2, 0.25) is 0 Å². The Labute approximate surface area is 125 Å². The van der Waals surface area contributed by atoms with Crippen LogP contribution in [-0.4, -0.2) is 33.2 Å². The lowest BCUT2D eigenvalue weighted by Crippen LogP contribution is -2.23. The Hall–Kier alpha value is -1.60. The van der Waals surface area contributed by atoms with E-state index in [1.54, 1.807) is 25.1 Å². The molecular formula is C14H21N3O3S. The molecule has 1 aliphatic carbocycles. The highest BCUT2D eigenvalue weighted by Crippen LogP contribution is 2.21. The van der Waals surface area contributed by atoms with Crippen LogP contribution in [-0.2, 0) is 14.8 Å². The Morgan fingerprint density at radius 2 is 2.05 bits per heavy atom. The molecule has 0 bridgehead atoms. The molecule has 0 saturated heterocycles. The highest BCUT2D eigenvalue weighted by atomic mass is 32.2. The Kier molecular flexibility index (Phi) is 4.84. The summed E-state index contributed by atoms with van der Waals surface area (Å²) in [6.07, 6.45) is 3.94. The van der Waals surface area contributed by atoms with E-state index in [1.165, 1.54) is 12.8 Å². The van der Waals surface area contributed by atoms with Gasteiger partial charge in [0.1, 0.15) is 0 Å². The molecule has 1 aromatic rings. The van der Waals surface area contributed by atoms with Gasteiger partial charge in [-0.3, -0.25) is 9.52 Å². The predicted octanol–water partition coefficient (Wildman–Crippen LogP) is 1.45. The summed E-state index contributed by atoms with van der Waals surface area (Å²) >= 11 is 0. The number of hydrogen-bond donors (Lipinski definition) is 3. The minimum Gasteiger partial charge on any atom is -0.326 e. The van der Waals surface area contributed by atoms with Gasteiger partial charge >= 0.3 is 0 Å². The van der Waals surface area contributed by atoms with E-state index in [0.29, 0.717) is 30.4 Å². The van der Waals surface area contributed by atoms with Crippen LogP contribution in [0, 0.1) is 6.92 Å². The van der Waals surface area contributed by atoms with Gasteiger partial charge < -0.3 is 10.6 Å². The minimum atomic E-state index is -3.30. The van der Waals surface area contributed by atoms with E-state index in [-0.39, 0.29) is 5.91 Å². The fourth-order valence-corrected chi connectivity index (χ4v) is 2.58. The second-order valence-corrected chi connectivity index (χ2v) is 7.18. The lowest BCUT2D eigenvalue weighted by atomic mass is 10.2. The largest absolute Gasteiger partial charge is 0.326 e. The lowest BCUT2D eigenvalue weighted by Gasteiger charge is -2.11. The number of anilines is 2. The van der Waals surface area contributed by atoms with Crippen molar-refractivity contribution in [3.05, 3.63) is 23.8 Å². The van der Waals surface area contributed by atoms with Crippen LogP contribution in [0.5, 0.6) is 0 Å². The summed E-state index contributed by atoms with van der Waals surface area (Å²) in [5.41, 5.74) is 1.95. The third-order valence-corrected chi connectivity index (χ3v) is 3.76. The number of amides is 1. The number of benzene rings is 1. The topological polar surface area (TPSA) is 87.3 Å². The summed E-state index contributed by atoms with van der Waals surface area (Å²) in [7, 11) is -3.30. The van der Waals surface area contributed by atoms with E-state index < -0.39 is 10.0 Å². The summed E-state index contributed by atoms with van der Waals surface area (Å²) in [6, 6.07) is 5.68. The highest BCUT2D eigenvalue weighted by Gasteiger charge is 2.20. The molecule has 1 saturated carbocycles. The van der Waals surface area contributed by atoms with E-state index >= 15 is 0 Å². The predicted molar refractivity (Wildman–Crippen MR) is 83.9 cm³/mol. The van der Waals surface area contributed by atoms with Crippen molar-refractivity contribution < 1.29 is 13.2 Å². The molecule has 0 unspecified atom stereocenters. The molecule has 0 spiro atoms. The maximum absolute atomic E-state index is 11.8. The van der Waals surface area contributed by atoms with Crippen molar-refractivity contribution in [2.75, 3.05) is 22.8 Å². The Bertz CT molecular complexity index is 624.